The standard InChI is InChI=1S/C39H55F3N6O8S/c1-7-18-38(8-2,33(50)46-57(54,55)56-37(6)21-22-37)44-26(3)31-16-12-23-48(31)32(49)30(17-20-39(40,41)42)43-34(51)45-36(4,5)19-10-9-13-27-14-11-15-28-24-47(35(52)53)25-29(27)28/h7-9,11,13-15,17,20,26,30-31,33,44,46,50H,1-2,10,12,16,18-19,21-25H2,3-6H3,(H,52,53)(H2,43,45,51). The summed E-state index contributed by atoms with van der Waals surface area (Å²) in [5.74, 6) is -0.792. The molecule has 1 aromatic carbocycles. The van der Waals surface area contributed by atoms with Crippen LogP contribution in [0.5, 0.6) is 0 Å². The molecule has 14 nitrogen and oxygen atoms in total. The van der Waals surface area contributed by atoms with E-state index in [0.29, 0.717) is 51.1 Å². The second kappa shape index (κ2) is 18.1. The van der Waals surface area contributed by atoms with E-state index in [9.17, 15) is 46.2 Å². The van der Waals surface area contributed by atoms with Crippen molar-refractivity contribution in [1.29, 1.82) is 0 Å². The summed E-state index contributed by atoms with van der Waals surface area (Å²) in [6.45, 7) is 15.1. The first kappa shape index (κ1) is 45.5. The Labute approximate surface area is 332 Å². The van der Waals surface area contributed by atoms with E-state index < -0.39 is 75.5 Å². The Hall–Kier alpha value is -4.23. The van der Waals surface area contributed by atoms with Gasteiger partial charge in [-0.05, 0) is 95.4 Å². The van der Waals surface area contributed by atoms with Crippen molar-refractivity contribution >= 4 is 34.4 Å². The third-order valence-electron chi connectivity index (χ3n) is 10.5. The van der Waals surface area contributed by atoms with Crippen molar-refractivity contribution in [2.45, 2.75) is 133 Å². The Morgan fingerprint density at radius 3 is 2.47 bits per heavy atom. The lowest BCUT2D eigenvalue weighted by molar-refractivity contribution is -0.133. The lowest BCUT2D eigenvalue weighted by Crippen LogP contribution is -2.65. The first-order valence-electron chi connectivity index (χ1n) is 18.9. The SMILES string of the molecule is C=CCC(C=C)(NC(C)C1CCCN1C(=O)C(C=CC(F)(F)F)NC(=O)NC(C)(C)CCC=Cc1cccc2c1CN(C(=O)O)C2)C(O)NS(=O)(=O)OC1(C)CC1. The van der Waals surface area contributed by atoms with Gasteiger partial charge in [0.15, 0.2) is 0 Å². The Bertz CT molecular complexity index is 1830. The third kappa shape index (κ3) is 12.6. The van der Waals surface area contributed by atoms with Crippen LogP contribution in [0.4, 0.5) is 22.8 Å². The molecule has 1 saturated heterocycles. The molecule has 57 heavy (non-hydrogen) atoms. The number of fused-ring (bicyclic) bond motifs is 1. The number of alkyl halides is 3. The molecule has 0 spiro atoms. The molecule has 2 heterocycles. The molecular formula is C39H55F3N6O8S. The van der Waals surface area contributed by atoms with Gasteiger partial charge in [0.2, 0.25) is 5.91 Å². The molecule has 1 aromatic rings. The molecule has 316 valence electrons. The zero-order chi connectivity index (χ0) is 42.4. The summed E-state index contributed by atoms with van der Waals surface area (Å²) in [5, 5.41) is 28.9. The van der Waals surface area contributed by atoms with Gasteiger partial charge in [0, 0.05) is 36.8 Å². The van der Waals surface area contributed by atoms with Crippen LogP contribution in [0.2, 0.25) is 0 Å². The van der Waals surface area contributed by atoms with Gasteiger partial charge in [-0.3, -0.25) is 19.2 Å². The van der Waals surface area contributed by atoms with Gasteiger partial charge < -0.3 is 25.7 Å². The number of urea groups is 1. The van der Waals surface area contributed by atoms with Gasteiger partial charge in [0.25, 0.3) is 0 Å². The Morgan fingerprint density at radius 1 is 1.16 bits per heavy atom. The number of rotatable bonds is 19. The molecule has 0 aromatic heterocycles. The normalized spacial score (nSPS) is 20.8. The van der Waals surface area contributed by atoms with E-state index in [2.05, 4.69) is 33.8 Å². The van der Waals surface area contributed by atoms with E-state index in [1.165, 1.54) is 22.0 Å². The summed E-state index contributed by atoms with van der Waals surface area (Å²) < 4.78 is 73.0. The van der Waals surface area contributed by atoms with E-state index in [1.807, 2.05) is 30.4 Å². The monoisotopic (exact) mass is 824 g/mol. The summed E-state index contributed by atoms with van der Waals surface area (Å²) in [6.07, 6.45) is 2.36. The van der Waals surface area contributed by atoms with E-state index in [0.717, 1.165) is 16.7 Å². The van der Waals surface area contributed by atoms with E-state index in [-0.39, 0.29) is 25.6 Å². The molecule has 5 atom stereocenters. The Morgan fingerprint density at radius 2 is 1.86 bits per heavy atom. The number of hydrogen-bond acceptors (Lipinski definition) is 8. The Kier molecular flexibility index (Phi) is 14.5. The molecule has 18 heteroatoms. The fourth-order valence-corrected chi connectivity index (χ4v) is 8.38. The number of carbonyl (C=O) groups excluding carboxylic acids is 2. The smallest absolute Gasteiger partial charge is 0.409 e. The van der Waals surface area contributed by atoms with Gasteiger partial charge in [0.05, 0.1) is 17.7 Å². The highest BCUT2D eigenvalue weighted by atomic mass is 32.2. The fourth-order valence-electron chi connectivity index (χ4n) is 7.16. The van der Waals surface area contributed by atoms with Gasteiger partial charge in [0.1, 0.15) is 12.3 Å². The van der Waals surface area contributed by atoms with Crippen LogP contribution in [-0.4, -0.2) is 100 Å². The third-order valence-corrected chi connectivity index (χ3v) is 11.7. The van der Waals surface area contributed by atoms with Crippen molar-refractivity contribution in [1.82, 2.24) is 30.5 Å². The quantitative estimate of drug-likeness (QED) is 0.0802. The highest BCUT2D eigenvalue weighted by Gasteiger charge is 2.46. The van der Waals surface area contributed by atoms with Crippen LogP contribution in [0.3, 0.4) is 0 Å². The molecule has 1 saturated carbocycles. The fraction of sp³-hybridized carbons (Fsp3) is 0.564. The number of hydrogen-bond donors (Lipinski definition) is 6. The maximum absolute atomic E-state index is 14.0. The molecule has 1 aliphatic carbocycles. The molecule has 6 N–H and O–H groups in total. The number of carboxylic acid groups (broad SMARTS) is 1. The van der Waals surface area contributed by atoms with Crippen LogP contribution in [-0.2, 0) is 32.4 Å². The summed E-state index contributed by atoms with van der Waals surface area (Å²) in [7, 11) is -4.40. The minimum Gasteiger partial charge on any atom is -0.465 e. The number of likely N-dealkylation sites (tertiary alicyclic amines) is 1. The molecule has 4 amide bonds. The molecule has 2 aliphatic heterocycles. The second-order valence-corrected chi connectivity index (χ2v) is 17.2. The Balaban J connectivity index is 1.42. The van der Waals surface area contributed by atoms with Gasteiger partial charge >= 0.3 is 28.6 Å². The minimum absolute atomic E-state index is 0.00747. The lowest BCUT2D eigenvalue weighted by Gasteiger charge is -2.41. The van der Waals surface area contributed by atoms with Crippen LogP contribution in [0.25, 0.3) is 6.08 Å². The van der Waals surface area contributed by atoms with Crippen LogP contribution in [0.1, 0.15) is 89.3 Å². The van der Waals surface area contributed by atoms with Crippen LogP contribution in [0, 0.1) is 0 Å². The zero-order valence-corrected chi connectivity index (χ0v) is 33.6. The van der Waals surface area contributed by atoms with Crippen LogP contribution < -0.4 is 20.7 Å². The lowest BCUT2D eigenvalue weighted by atomic mass is 9.90. The van der Waals surface area contributed by atoms with Crippen molar-refractivity contribution in [3.8, 4) is 0 Å². The van der Waals surface area contributed by atoms with Crippen LogP contribution in [0.15, 0.2) is 61.7 Å². The first-order chi connectivity index (χ1) is 26.5. The topological polar surface area (TPSA) is 190 Å². The van der Waals surface area contributed by atoms with Gasteiger partial charge in [-0.15, -0.1) is 13.2 Å². The summed E-state index contributed by atoms with van der Waals surface area (Å²) in [6, 6.07) is 1.76. The number of halogens is 3. The molecule has 5 unspecified atom stereocenters. The molecule has 3 aliphatic rings. The number of carbonyl (C=O) groups is 3. The minimum atomic E-state index is -4.77. The molecular weight excluding hydrogens is 770 g/mol. The average molecular weight is 825 g/mol. The largest absolute Gasteiger partial charge is 0.465 e. The molecule has 0 bridgehead atoms. The predicted molar refractivity (Wildman–Crippen MR) is 209 cm³/mol. The number of amides is 4. The van der Waals surface area contributed by atoms with Crippen molar-refractivity contribution in [2.75, 3.05) is 6.54 Å². The number of allylic oxidation sites excluding steroid dienone is 2. The predicted octanol–water partition coefficient (Wildman–Crippen LogP) is 5.23. The maximum Gasteiger partial charge on any atom is 0.409 e. The molecule has 2 fully saturated rings. The van der Waals surface area contributed by atoms with Gasteiger partial charge in [-0.2, -0.15) is 26.3 Å². The number of benzene rings is 1. The van der Waals surface area contributed by atoms with Crippen molar-refractivity contribution in [3.05, 3.63) is 78.4 Å². The molecule has 0 radical (unpaired) electrons. The maximum atomic E-state index is 14.0. The zero-order valence-electron chi connectivity index (χ0n) is 32.8. The van der Waals surface area contributed by atoms with Crippen LogP contribution >= 0.6 is 0 Å². The average Bonchev–Trinajstić information content (AvgIpc) is 3.45. The van der Waals surface area contributed by atoms with Gasteiger partial charge in [-0.25, -0.2) is 9.59 Å². The van der Waals surface area contributed by atoms with E-state index in [1.54, 1.807) is 27.7 Å². The highest BCUT2D eigenvalue weighted by molar-refractivity contribution is 7.84. The van der Waals surface area contributed by atoms with Gasteiger partial charge in [-0.1, -0.05) is 42.5 Å². The van der Waals surface area contributed by atoms with E-state index in [4.69, 9.17) is 4.18 Å². The van der Waals surface area contributed by atoms with E-state index >= 15 is 0 Å². The second-order valence-electron chi connectivity index (χ2n) is 15.8. The number of aliphatic hydroxyl groups is 1. The number of aliphatic hydroxyl groups excluding tert-OH is 1. The summed E-state index contributed by atoms with van der Waals surface area (Å²) >= 11 is 0. The van der Waals surface area contributed by atoms with Crippen molar-refractivity contribution in [2.24, 2.45) is 0 Å². The van der Waals surface area contributed by atoms with Crippen molar-refractivity contribution in [3.63, 3.8) is 0 Å². The summed E-state index contributed by atoms with van der Waals surface area (Å²) in [5.41, 5.74) is -0.513. The first-order valence-corrected chi connectivity index (χ1v) is 20.3. The van der Waals surface area contributed by atoms with Crippen molar-refractivity contribution < 1.29 is 50.4 Å². The number of nitrogens with one attached hydrogen (secondary N) is 4. The summed E-state index contributed by atoms with van der Waals surface area (Å²) in [4.78, 5) is 41.4. The number of nitrogens with zero attached hydrogens (tertiary/aromatic N) is 2. The highest BCUT2D eigenvalue weighted by Crippen LogP contribution is 2.40. The molecule has 4 rings (SSSR count).